The maximum Gasteiger partial charge on any atom is 0.249 e. The first kappa shape index (κ1) is 21.7. The van der Waals surface area contributed by atoms with Gasteiger partial charge in [0.15, 0.2) is 0 Å². The molecule has 0 aromatic heterocycles. The summed E-state index contributed by atoms with van der Waals surface area (Å²) in [7, 11) is 0. The van der Waals surface area contributed by atoms with Crippen LogP contribution in [-0.4, -0.2) is 18.0 Å². The van der Waals surface area contributed by atoms with E-state index in [2.05, 4.69) is 15.8 Å². The first-order valence-corrected chi connectivity index (χ1v) is 9.64. The molecule has 7 heteroatoms. The second kappa shape index (κ2) is 10.7. The van der Waals surface area contributed by atoms with Gasteiger partial charge in [0, 0.05) is 5.69 Å². The van der Waals surface area contributed by atoms with Crippen LogP contribution in [0, 0.1) is 12.7 Å². The molecule has 0 saturated carbocycles. The standard InChI is InChI=1S/C24H22FN3O3/c1-17-4-2-3-5-22(17)27-23(29)14-24(30)28-26-15-18-8-12-21(13-9-18)31-16-19-6-10-20(25)11-7-19/h2-13,15H,14,16H2,1H3,(H,27,29)(H,28,30). The molecule has 0 unspecified atom stereocenters. The molecule has 0 atom stereocenters. The maximum atomic E-state index is 12.9. The Balaban J connectivity index is 1.42. The summed E-state index contributed by atoms with van der Waals surface area (Å²) in [6.07, 6.45) is 1.14. The molecule has 3 aromatic rings. The van der Waals surface area contributed by atoms with Crippen LogP contribution in [0.3, 0.4) is 0 Å². The van der Waals surface area contributed by atoms with E-state index in [0.29, 0.717) is 18.0 Å². The van der Waals surface area contributed by atoms with E-state index >= 15 is 0 Å². The molecule has 0 fully saturated rings. The lowest BCUT2D eigenvalue weighted by Crippen LogP contribution is -2.24. The summed E-state index contributed by atoms with van der Waals surface area (Å²) in [6.45, 7) is 2.20. The van der Waals surface area contributed by atoms with Crippen molar-refractivity contribution in [2.45, 2.75) is 20.0 Å². The van der Waals surface area contributed by atoms with E-state index in [4.69, 9.17) is 4.74 Å². The lowest BCUT2D eigenvalue weighted by atomic mass is 10.2. The number of hydrazone groups is 1. The number of rotatable bonds is 8. The second-order valence-electron chi connectivity index (χ2n) is 6.82. The first-order valence-electron chi connectivity index (χ1n) is 9.64. The molecule has 2 amide bonds. The molecular weight excluding hydrogens is 397 g/mol. The highest BCUT2D eigenvalue weighted by Gasteiger charge is 2.09. The van der Waals surface area contributed by atoms with Crippen molar-refractivity contribution in [1.29, 1.82) is 0 Å². The zero-order chi connectivity index (χ0) is 22.1. The SMILES string of the molecule is Cc1ccccc1NC(=O)CC(=O)NN=Cc1ccc(OCc2ccc(F)cc2)cc1. The summed E-state index contributed by atoms with van der Waals surface area (Å²) in [6, 6.07) is 20.5. The summed E-state index contributed by atoms with van der Waals surface area (Å²) in [5.41, 5.74) is 5.54. The van der Waals surface area contributed by atoms with Gasteiger partial charge in [-0.05, 0) is 66.1 Å². The molecule has 31 heavy (non-hydrogen) atoms. The molecule has 0 spiro atoms. The van der Waals surface area contributed by atoms with Crippen molar-refractivity contribution in [1.82, 2.24) is 5.43 Å². The van der Waals surface area contributed by atoms with Crippen molar-refractivity contribution in [3.8, 4) is 5.75 Å². The zero-order valence-corrected chi connectivity index (χ0v) is 17.0. The van der Waals surface area contributed by atoms with Crippen LogP contribution in [0.2, 0.25) is 0 Å². The molecule has 0 bridgehead atoms. The number of halogens is 1. The lowest BCUT2D eigenvalue weighted by molar-refractivity contribution is -0.126. The fourth-order valence-corrected chi connectivity index (χ4v) is 2.67. The minimum atomic E-state index is -0.512. The highest BCUT2D eigenvalue weighted by molar-refractivity contribution is 6.04. The highest BCUT2D eigenvalue weighted by Crippen LogP contribution is 2.14. The molecule has 3 aromatic carbocycles. The molecule has 0 aliphatic rings. The van der Waals surface area contributed by atoms with Crippen molar-refractivity contribution in [2.24, 2.45) is 5.10 Å². The Morgan fingerprint density at radius 1 is 0.968 bits per heavy atom. The van der Waals surface area contributed by atoms with Crippen LogP contribution in [0.5, 0.6) is 5.75 Å². The molecule has 0 radical (unpaired) electrons. The topological polar surface area (TPSA) is 79.8 Å². The number of amides is 2. The summed E-state index contributed by atoms with van der Waals surface area (Å²) in [4.78, 5) is 23.9. The fraction of sp³-hybridized carbons (Fsp3) is 0.125. The maximum absolute atomic E-state index is 12.9. The van der Waals surface area contributed by atoms with Crippen molar-refractivity contribution in [3.05, 3.63) is 95.3 Å². The van der Waals surface area contributed by atoms with Gasteiger partial charge in [0.25, 0.3) is 0 Å². The Morgan fingerprint density at radius 3 is 2.39 bits per heavy atom. The van der Waals surface area contributed by atoms with Gasteiger partial charge in [0.05, 0.1) is 6.21 Å². The summed E-state index contributed by atoms with van der Waals surface area (Å²) in [5, 5.41) is 6.57. The number of anilines is 1. The Kier molecular flexibility index (Phi) is 7.48. The minimum absolute atomic E-state index is 0.286. The number of nitrogens with zero attached hydrogens (tertiary/aromatic N) is 1. The van der Waals surface area contributed by atoms with Gasteiger partial charge < -0.3 is 10.1 Å². The number of benzene rings is 3. The Morgan fingerprint density at radius 2 is 1.68 bits per heavy atom. The van der Waals surface area contributed by atoms with Crippen LogP contribution in [0.25, 0.3) is 0 Å². The minimum Gasteiger partial charge on any atom is -0.489 e. The van der Waals surface area contributed by atoms with Crippen LogP contribution in [0.1, 0.15) is 23.1 Å². The van der Waals surface area contributed by atoms with Gasteiger partial charge in [-0.3, -0.25) is 9.59 Å². The summed E-state index contributed by atoms with van der Waals surface area (Å²) >= 11 is 0. The van der Waals surface area contributed by atoms with Crippen LogP contribution in [-0.2, 0) is 16.2 Å². The van der Waals surface area contributed by atoms with E-state index in [1.807, 2.05) is 25.1 Å². The van der Waals surface area contributed by atoms with E-state index in [1.165, 1.54) is 18.3 Å². The molecule has 0 heterocycles. The van der Waals surface area contributed by atoms with Gasteiger partial charge in [-0.2, -0.15) is 5.10 Å². The average Bonchev–Trinajstić information content (AvgIpc) is 2.76. The van der Waals surface area contributed by atoms with Crippen molar-refractivity contribution < 1.29 is 18.7 Å². The number of nitrogens with one attached hydrogen (secondary N) is 2. The van der Waals surface area contributed by atoms with Crippen molar-refractivity contribution in [2.75, 3.05) is 5.32 Å². The molecule has 0 aliphatic heterocycles. The fourth-order valence-electron chi connectivity index (χ4n) is 2.67. The quantitative estimate of drug-likeness (QED) is 0.326. The van der Waals surface area contributed by atoms with Crippen molar-refractivity contribution in [3.63, 3.8) is 0 Å². The number of aryl methyl sites for hydroxylation is 1. The molecule has 158 valence electrons. The zero-order valence-electron chi connectivity index (χ0n) is 17.0. The summed E-state index contributed by atoms with van der Waals surface area (Å²) < 4.78 is 18.6. The molecule has 2 N–H and O–H groups in total. The summed E-state index contributed by atoms with van der Waals surface area (Å²) in [5.74, 6) is -0.559. The van der Waals surface area contributed by atoms with Crippen LogP contribution < -0.4 is 15.5 Å². The Labute approximate surface area is 179 Å². The number of hydrogen-bond donors (Lipinski definition) is 2. The van der Waals surface area contributed by atoms with Gasteiger partial charge in [-0.15, -0.1) is 0 Å². The highest BCUT2D eigenvalue weighted by atomic mass is 19.1. The normalized spacial score (nSPS) is 10.6. The van der Waals surface area contributed by atoms with E-state index < -0.39 is 11.8 Å². The third-order valence-corrected chi connectivity index (χ3v) is 4.34. The van der Waals surface area contributed by atoms with Gasteiger partial charge >= 0.3 is 0 Å². The Bertz CT molecular complexity index is 1060. The van der Waals surface area contributed by atoms with Gasteiger partial charge in [-0.1, -0.05) is 30.3 Å². The molecular formula is C24H22FN3O3. The van der Waals surface area contributed by atoms with Gasteiger partial charge in [0.2, 0.25) is 11.8 Å². The third-order valence-electron chi connectivity index (χ3n) is 4.34. The molecule has 3 rings (SSSR count). The molecule has 0 saturated heterocycles. The second-order valence-corrected chi connectivity index (χ2v) is 6.82. The van der Waals surface area contributed by atoms with Crippen molar-refractivity contribution >= 4 is 23.7 Å². The number of para-hydroxylation sites is 1. The smallest absolute Gasteiger partial charge is 0.249 e. The number of ether oxygens (including phenoxy) is 1. The van der Waals surface area contributed by atoms with E-state index in [0.717, 1.165) is 16.7 Å². The van der Waals surface area contributed by atoms with Crippen LogP contribution >= 0.6 is 0 Å². The number of carbonyl (C=O) groups is 2. The van der Waals surface area contributed by atoms with Gasteiger partial charge in [-0.25, -0.2) is 9.82 Å². The average molecular weight is 419 g/mol. The predicted molar refractivity (Wildman–Crippen MR) is 117 cm³/mol. The predicted octanol–water partition coefficient (Wildman–Crippen LogP) is 4.19. The number of hydrogen-bond acceptors (Lipinski definition) is 4. The third kappa shape index (κ3) is 7.08. The Hall–Kier alpha value is -4.00. The largest absolute Gasteiger partial charge is 0.489 e. The van der Waals surface area contributed by atoms with Crippen LogP contribution in [0.4, 0.5) is 10.1 Å². The van der Waals surface area contributed by atoms with Gasteiger partial charge in [0.1, 0.15) is 24.6 Å². The van der Waals surface area contributed by atoms with E-state index in [9.17, 15) is 14.0 Å². The molecule has 6 nitrogen and oxygen atoms in total. The monoisotopic (exact) mass is 419 g/mol. The van der Waals surface area contributed by atoms with E-state index in [-0.39, 0.29) is 12.2 Å². The lowest BCUT2D eigenvalue weighted by Gasteiger charge is -2.07. The number of carbonyl (C=O) groups excluding carboxylic acids is 2. The van der Waals surface area contributed by atoms with E-state index in [1.54, 1.807) is 42.5 Å². The molecule has 0 aliphatic carbocycles. The van der Waals surface area contributed by atoms with Crippen LogP contribution in [0.15, 0.2) is 77.9 Å². The first-order chi connectivity index (χ1) is 15.0.